The first-order chi connectivity index (χ1) is 15.1. The van der Waals surface area contributed by atoms with Crippen molar-refractivity contribution < 1.29 is 23.8 Å². The van der Waals surface area contributed by atoms with Crippen molar-refractivity contribution in [3.63, 3.8) is 0 Å². The fourth-order valence-electron chi connectivity index (χ4n) is 3.46. The molecule has 0 bridgehead atoms. The van der Waals surface area contributed by atoms with E-state index >= 15 is 0 Å². The summed E-state index contributed by atoms with van der Waals surface area (Å²) in [5.74, 6) is 0.813. The van der Waals surface area contributed by atoms with Crippen LogP contribution in [-0.2, 0) is 20.7 Å². The number of amides is 2. The van der Waals surface area contributed by atoms with E-state index in [0.717, 1.165) is 18.7 Å². The predicted molar refractivity (Wildman–Crippen MR) is 117 cm³/mol. The fraction of sp³-hybridized carbons (Fsp3) is 0.364. The van der Waals surface area contributed by atoms with Crippen LogP contribution in [0.5, 0.6) is 11.5 Å². The summed E-state index contributed by atoms with van der Waals surface area (Å²) in [5, 5.41) is 6.15. The van der Waals surface area contributed by atoms with Crippen molar-refractivity contribution in [2.45, 2.75) is 6.42 Å². The number of carbonyl (C=O) groups is 2. The molecule has 0 aliphatic carbocycles. The summed E-state index contributed by atoms with van der Waals surface area (Å²) < 4.78 is 16.3. The number of nitrogens with zero attached hydrogens (tertiary/aromatic N) is 1. The quantitative estimate of drug-likeness (QED) is 0.710. The van der Waals surface area contributed by atoms with Crippen LogP contribution in [0, 0.1) is 0 Å². The molecule has 1 fully saturated rings. The number of ether oxygens (including phenoxy) is 3. The van der Waals surface area contributed by atoms with E-state index in [1.807, 2.05) is 0 Å². The van der Waals surface area contributed by atoms with E-state index in [0.29, 0.717) is 60.9 Å². The minimum Gasteiger partial charge on any atom is -0.486 e. The molecule has 2 amide bonds. The van der Waals surface area contributed by atoms with E-state index in [4.69, 9.17) is 25.8 Å². The highest BCUT2D eigenvalue weighted by atomic mass is 35.5. The summed E-state index contributed by atoms with van der Waals surface area (Å²) in [6.45, 7) is 4.06. The number of fused-ring (bicyclic) bond motifs is 1. The van der Waals surface area contributed by atoms with Crippen LogP contribution >= 0.6 is 11.6 Å². The van der Waals surface area contributed by atoms with E-state index in [9.17, 15) is 9.59 Å². The Labute approximate surface area is 185 Å². The monoisotopic (exact) mass is 445 g/mol. The summed E-state index contributed by atoms with van der Waals surface area (Å²) in [6, 6.07) is 10.5. The second-order valence-electron chi connectivity index (χ2n) is 7.34. The third kappa shape index (κ3) is 5.88. The Bertz CT molecular complexity index is 945. The zero-order valence-corrected chi connectivity index (χ0v) is 17.7. The molecule has 9 heteroatoms. The summed E-state index contributed by atoms with van der Waals surface area (Å²) in [6.07, 6.45) is 0.147. The van der Waals surface area contributed by atoms with Crippen LogP contribution in [0.1, 0.15) is 5.56 Å². The maximum atomic E-state index is 12.4. The zero-order valence-electron chi connectivity index (χ0n) is 17.0. The number of hydrogen-bond donors (Lipinski definition) is 2. The lowest BCUT2D eigenvalue weighted by Gasteiger charge is -2.25. The Kier molecular flexibility index (Phi) is 6.91. The van der Waals surface area contributed by atoms with E-state index in [-0.39, 0.29) is 18.2 Å². The maximum Gasteiger partial charge on any atom is 0.238 e. The van der Waals surface area contributed by atoms with Gasteiger partial charge in [0.25, 0.3) is 0 Å². The Morgan fingerprint density at radius 2 is 1.55 bits per heavy atom. The Balaban J connectivity index is 1.29. The van der Waals surface area contributed by atoms with Crippen molar-refractivity contribution in [1.29, 1.82) is 0 Å². The molecule has 31 heavy (non-hydrogen) atoms. The first-order valence-electron chi connectivity index (χ1n) is 10.1. The molecule has 0 atom stereocenters. The molecule has 2 aromatic rings. The summed E-state index contributed by atoms with van der Waals surface area (Å²) in [4.78, 5) is 26.7. The van der Waals surface area contributed by atoms with Gasteiger partial charge in [0.2, 0.25) is 11.8 Å². The minimum atomic E-state index is -0.183. The lowest BCUT2D eigenvalue weighted by Crippen LogP contribution is -2.41. The molecule has 2 aromatic carbocycles. The van der Waals surface area contributed by atoms with Crippen LogP contribution < -0.4 is 20.1 Å². The molecule has 0 unspecified atom stereocenters. The van der Waals surface area contributed by atoms with Crippen molar-refractivity contribution in [2.75, 3.05) is 56.7 Å². The van der Waals surface area contributed by atoms with Gasteiger partial charge < -0.3 is 24.8 Å². The summed E-state index contributed by atoms with van der Waals surface area (Å²) in [5.41, 5.74) is 2.05. The predicted octanol–water partition coefficient (Wildman–Crippen LogP) is 2.56. The van der Waals surface area contributed by atoms with Gasteiger partial charge in [0.15, 0.2) is 11.5 Å². The SMILES string of the molecule is O=C(Cc1cc(Cl)c2c(c1)OCCO2)Nc1ccc(NC(=O)CN2CCOCC2)cc1. The number of rotatable bonds is 6. The first-order valence-corrected chi connectivity index (χ1v) is 10.5. The van der Waals surface area contributed by atoms with E-state index in [1.54, 1.807) is 36.4 Å². The number of carbonyl (C=O) groups excluding carboxylic acids is 2. The normalized spacial score (nSPS) is 15.9. The molecule has 1 saturated heterocycles. The lowest BCUT2D eigenvalue weighted by atomic mass is 10.1. The van der Waals surface area contributed by atoms with Gasteiger partial charge in [-0.3, -0.25) is 14.5 Å². The summed E-state index contributed by atoms with van der Waals surface area (Å²) >= 11 is 6.23. The van der Waals surface area contributed by atoms with Gasteiger partial charge in [0.05, 0.1) is 31.2 Å². The van der Waals surface area contributed by atoms with Gasteiger partial charge in [-0.2, -0.15) is 0 Å². The van der Waals surface area contributed by atoms with E-state index < -0.39 is 0 Å². The molecule has 2 aliphatic heterocycles. The molecule has 0 radical (unpaired) electrons. The molecular weight excluding hydrogens is 422 g/mol. The number of nitrogens with one attached hydrogen (secondary N) is 2. The molecule has 4 rings (SSSR count). The van der Waals surface area contributed by atoms with Crippen LogP contribution in [-0.4, -0.2) is 62.8 Å². The second-order valence-corrected chi connectivity index (χ2v) is 7.75. The van der Waals surface area contributed by atoms with Gasteiger partial charge >= 0.3 is 0 Å². The van der Waals surface area contributed by atoms with Gasteiger partial charge in [-0.15, -0.1) is 0 Å². The zero-order chi connectivity index (χ0) is 21.6. The van der Waals surface area contributed by atoms with Crippen molar-refractivity contribution in [2.24, 2.45) is 0 Å². The van der Waals surface area contributed by atoms with Gasteiger partial charge in [-0.1, -0.05) is 11.6 Å². The van der Waals surface area contributed by atoms with Crippen molar-refractivity contribution in [3.05, 3.63) is 47.0 Å². The Hall–Kier alpha value is -2.81. The number of halogens is 1. The van der Waals surface area contributed by atoms with Crippen LogP contribution in [0.3, 0.4) is 0 Å². The smallest absolute Gasteiger partial charge is 0.238 e. The van der Waals surface area contributed by atoms with Gasteiger partial charge in [0.1, 0.15) is 13.2 Å². The highest BCUT2D eigenvalue weighted by Crippen LogP contribution is 2.38. The standard InChI is InChI=1S/C22H24ClN3O5/c23-18-11-15(12-19-22(18)31-10-9-30-19)13-20(27)24-16-1-3-17(4-2-16)25-21(28)14-26-5-7-29-8-6-26/h1-4,11-12H,5-10,13-14H2,(H,24,27)(H,25,28). The minimum absolute atomic E-state index is 0.0748. The van der Waals surface area contributed by atoms with Crippen LogP contribution in [0.15, 0.2) is 36.4 Å². The number of anilines is 2. The average molecular weight is 446 g/mol. The van der Waals surface area contributed by atoms with Crippen molar-refractivity contribution >= 4 is 34.8 Å². The number of benzene rings is 2. The topological polar surface area (TPSA) is 89.1 Å². The highest BCUT2D eigenvalue weighted by molar-refractivity contribution is 6.32. The fourth-order valence-corrected chi connectivity index (χ4v) is 3.74. The molecule has 8 nitrogen and oxygen atoms in total. The number of hydrogen-bond acceptors (Lipinski definition) is 6. The van der Waals surface area contributed by atoms with E-state index in [2.05, 4.69) is 15.5 Å². The average Bonchev–Trinajstić information content (AvgIpc) is 2.76. The maximum absolute atomic E-state index is 12.4. The molecular formula is C22H24ClN3O5. The molecule has 2 heterocycles. The molecule has 2 aliphatic rings. The van der Waals surface area contributed by atoms with Crippen molar-refractivity contribution in [3.8, 4) is 11.5 Å². The molecule has 2 N–H and O–H groups in total. The Morgan fingerprint density at radius 1 is 0.903 bits per heavy atom. The van der Waals surface area contributed by atoms with Crippen LogP contribution in [0.25, 0.3) is 0 Å². The molecule has 164 valence electrons. The second kappa shape index (κ2) is 10.00. The van der Waals surface area contributed by atoms with Gasteiger partial charge in [0, 0.05) is 24.5 Å². The number of morpholine rings is 1. The van der Waals surface area contributed by atoms with Gasteiger partial charge in [-0.25, -0.2) is 0 Å². The summed E-state index contributed by atoms with van der Waals surface area (Å²) in [7, 11) is 0. The largest absolute Gasteiger partial charge is 0.486 e. The molecule has 0 aromatic heterocycles. The molecule has 0 saturated carbocycles. The van der Waals surface area contributed by atoms with Gasteiger partial charge in [-0.05, 0) is 42.0 Å². The Morgan fingerprint density at radius 3 is 2.26 bits per heavy atom. The lowest BCUT2D eigenvalue weighted by molar-refractivity contribution is -0.118. The van der Waals surface area contributed by atoms with E-state index in [1.165, 1.54) is 0 Å². The first kappa shape index (κ1) is 21.4. The molecule has 0 spiro atoms. The van der Waals surface area contributed by atoms with Crippen LogP contribution in [0.4, 0.5) is 11.4 Å². The third-order valence-electron chi connectivity index (χ3n) is 4.94. The van der Waals surface area contributed by atoms with Crippen molar-refractivity contribution in [1.82, 2.24) is 4.90 Å². The van der Waals surface area contributed by atoms with Crippen LogP contribution in [0.2, 0.25) is 5.02 Å². The highest BCUT2D eigenvalue weighted by Gasteiger charge is 2.18. The third-order valence-corrected chi connectivity index (χ3v) is 5.23.